The molecule has 0 unspecified atom stereocenters. The summed E-state index contributed by atoms with van der Waals surface area (Å²) in [5.41, 5.74) is 0. The van der Waals surface area contributed by atoms with Crippen molar-refractivity contribution in [2.45, 2.75) is 17.7 Å². The van der Waals surface area contributed by atoms with Gasteiger partial charge < -0.3 is 0 Å². The van der Waals surface area contributed by atoms with Crippen molar-refractivity contribution in [3.8, 4) is 0 Å². The number of hydrogen-bond donors (Lipinski definition) is 0. The Bertz CT molecular complexity index is 498. The Labute approximate surface area is 98.9 Å². The predicted octanol–water partition coefficient (Wildman–Crippen LogP) is 2.26. The molecule has 88 valence electrons. The minimum absolute atomic E-state index is 0.0632. The number of hydrogen-bond acceptors (Lipinski definition) is 2. The summed E-state index contributed by atoms with van der Waals surface area (Å²) in [5, 5.41) is 0.0632. The van der Waals surface area contributed by atoms with Gasteiger partial charge in [-0.3, -0.25) is 0 Å². The summed E-state index contributed by atoms with van der Waals surface area (Å²) in [6, 6.07) is 3.38. The van der Waals surface area contributed by atoms with Crippen LogP contribution in [0.1, 0.15) is 12.8 Å². The number of halogens is 2. The molecule has 6 heteroatoms. The van der Waals surface area contributed by atoms with E-state index in [0.717, 1.165) is 25.0 Å². The lowest BCUT2D eigenvalue weighted by Crippen LogP contribution is -2.28. The van der Waals surface area contributed by atoms with Gasteiger partial charge in [-0.15, -0.1) is 0 Å². The Morgan fingerprint density at radius 2 is 1.88 bits per heavy atom. The van der Waals surface area contributed by atoms with Gasteiger partial charge >= 0.3 is 0 Å². The van der Waals surface area contributed by atoms with E-state index in [1.165, 1.54) is 10.4 Å². The smallest absolute Gasteiger partial charge is 0.207 e. The van der Waals surface area contributed by atoms with Gasteiger partial charge in [0, 0.05) is 13.1 Å². The van der Waals surface area contributed by atoms with Crippen molar-refractivity contribution in [3.05, 3.63) is 29.0 Å². The maximum Gasteiger partial charge on any atom is 0.244 e. The van der Waals surface area contributed by atoms with E-state index in [0.29, 0.717) is 13.1 Å². The molecule has 1 fully saturated rings. The van der Waals surface area contributed by atoms with Crippen LogP contribution < -0.4 is 0 Å². The van der Waals surface area contributed by atoms with Crippen LogP contribution in [0.2, 0.25) is 5.02 Å². The molecule has 0 aliphatic carbocycles. The summed E-state index contributed by atoms with van der Waals surface area (Å²) in [5.74, 6) is -0.595. The van der Waals surface area contributed by atoms with Crippen LogP contribution in [0, 0.1) is 5.82 Å². The molecule has 1 saturated heterocycles. The van der Waals surface area contributed by atoms with Gasteiger partial charge in [-0.05, 0) is 31.0 Å². The zero-order chi connectivity index (χ0) is 11.8. The lowest BCUT2D eigenvalue weighted by atomic mass is 10.3. The Morgan fingerprint density at radius 1 is 1.25 bits per heavy atom. The van der Waals surface area contributed by atoms with Gasteiger partial charge in [0.15, 0.2) is 0 Å². The largest absolute Gasteiger partial charge is 0.244 e. The van der Waals surface area contributed by atoms with Gasteiger partial charge in [0.25, 0.3) is 0 Å². The first-order valence-electron chi connectivity index (χ1n) is 4.97. The third kappa shape index (κ3) is 2.07. The number of nitrogens with zero attached hydrogens (tertiary/aromatic N) is 1. The normalized spacial score (nSPS) is 17.9. The Morgan fingerprint density at radius 3 is 2.50 bits per heavy atom. The van der Waals surface area contributed by atoms with Gasteiger partial charge in [-0.1, -0.05) is 11.6 Å². The topological polar surface area (TPSA) is 37.4 Å². The van der Waals surface area contributed by atoms with Crippen LogP contribution in [-0.4, -0.2) is 25.8 Å². The molecule has 1 aliphatic heterocycles. The highest BCUT2D eigenvalue weighted by Crippen LogP contribution is 2.27. The standard InChI is InChI=1S/C10H11ClFNO2S/c11-9-4-3-8(12)7-10(9)16(14,15)13-5-1-2-6-13/h3-4,7H,1-2,5-6H2. The number of benzene rings is 1. The van der Waals surface area contributed by atoms with E-state index < -0.39 is 15.8 Å². The van der Waals surface area contributed by atoms with Crippen molar-refractivity contribution in [2.24, 2.45) is 0 Å². The zero-order valence-corrected chi connectivity index (χ0v) is 10.1. The molecule has 16 heavy (non-hydrogen) atoms. The SMILES string of the molecule is O=S(=O)(c1cc(F)ccc1Cl)N1CCCC1. The van der Waals surface area contributed by atoms with Gasteiger partial charge in [0.2, 0.25) is 10.0 Å². The molecule has 0 atom stereocenters. The Balaban J connectivity index is 2.46. The molecule has 3 nitrogen and oxygen atoms in total. The van der Waals surface area contributed by atoms with Crippen molar-refractivity contribution >= 4 is 21.6 Å². The molecule has 1 aromatic carbocycles. The van der Waals surface area contributed by atoms with Gasteiger partial charge in [-0.2, -0.15) is 4.31 Å². The summed E-state index contributed by atoms with van der Waals surface area (Å²) in [6.45, 7) is 0.963. The van der Waals surface area contributed by atoms with Crippen molar-refractivity contribution in [1.29, 1.82) is 0 Å². The Hall–Kier alpha value is -0.650. The second-order valence-electron chi connectivity index (χ2n) is 3.69. The molecule has 0 radical (unpaired) electrons. The van der Waals surface area contributed by atoms with E-state index in [4.69, 9.17) is 11.6 Å². The van der Waals surface area contributed by atoms with Gasteiger partial charge in [0.1, 0.15) is 10.7 Å². The molecule has 0 N–H and O–H groups in total. The van der Waals surface area contributed by atoms with Crippen LogP contribution in [0.15, 0.2) is 23.1 Å². The first kappa shape index (κ1) is 11.8. The highest BCUT2D eigenvalue weighted by Gasteiger charge is 2.29. The quantitative estimate of drug-likeness (QED) is 0.821. The minimum Gasteiger partial charge on any atom is -0.207 e. The summed E-state index contributed by atoms with van der Waals surface area (Å²) < 4.78 is 38.5. The van der Waals surface area contributed by atoms with Crippen LogP contribution in [0.4, 0.5) is 4.39 Å². The van der Waals surface area contributed by atoms with Gasteiger partial charge in [-0.25, -0.2) is 12.8 Å². The van der Waals surface area contributed by atoms with Gasteiger partial charge in [0.05, 0.1) is 5.02 Å². The average molecular weight is 264 g/mol. The minimum atomic E-state index is -3.63. The second-order valence-corrected chi connectivity index (χ2v) is 6.00. The molecule has 0 spiro atoms. The average Bonchev–Trinajstić information content (AvgIpc) is 2.75. The highest BCUT2D eigenvalue weighted by molar-refractivity contribution is 7.89. The molecule has 2 rings (SSSR count). The van der Waals surface area contributed by atoms with E-state index in [2.05, 4.69) is 0 Å². The van der Waals surface area contributed by atoms with Crippen molar-refractivity contribution in [3.63, 3.8) is 0 Å². The summed E-state index contributed by atoms with van der Waals surface area (Å²) in [4.78, 5) is -0.143. The molecule has 0 bridgehead atoms. The van der Waals surface area contributed by atoms with Crippen LogP contribution >= 0.6 is 11.6 Å². The third-order valence-electron chi connectivity index (χ3n) is 2.58. The third-order valence-corrected chi connectivity index (χ3v) is 4.96. The van der Waals surface area contributed by atoms with Crippen LogP contribution in [0.25, 0.3) is 0 Å². The molecule has 0 saturated carbocycles. The maximum atomic E-state index is 13.0. The first-order valence-corrected chi connectivity index (χ1v) is 6.79. The van der Waals surface area contributed by atoms with Crippen molar-refractivity contribution < 1.29 is 12.8 Å². The first-order chi connectivity index (χ1) is 7.51. The van der Waals surface area contributed by atoms with E-state index in [-0.39, 0.29) is 9.92 Å². The summed E-state index contributed by atoms with van der Waals surface area (Å²) in [7, 11) is -3.63. The molecular formula is C10H11ClFNO2S. The number of rotatable bonds is 2. The lowest BCUT2D eigenvalue weighted by Gasteiger charge is -2.16. The predicted molar refractivity (Wildman–Crippen MR) is 59.4 cm³/mol. The monoisotopic (exact) mass is 263 g/mol. The molecule has 1 aromatic rings. The van der Waals surface area contributed by atoms with Crippen LogP contribution in [0.3, 0.4) is 0 Å². The highest BCUT2D eigenvalue weighted by atomic mass is 35.5. The zero-order valence-electron chi connectivity index (χ0n) is 8.49. The fraction of sp³-hybridized carbons (Fsp3) is 0.400. The lowest BCUT2D eigenvalue weighted by molar-refractivity contribution is 0.476. The van der Waals surface area contributed by atoms with Crippen molar-refractivity contribution in [1.82, 2.24) is 4.31 Å². The van der Waals surface area contributed by atoms with E-state index in [1.807, 2.05) is 0 Å². The molecular weight excluding hydrogens is 253 g/mol. The Kier molecular flexibility index (Phi) is 3.19. The fourth-order valence-corrected chi connectivity index (χ4v) is 3.75. The maximum absolute atomic E-state index is 13.0. The number of sulfonamides is 1. The summed E-state index contributed by atoms with van der Waals surface area (Å²) >= 11 is 5.79. The molecule has 1 heterocycles. The van der Waals surface area contributed by atoms with Crippen LogP contribution in [-0.2, 0) is 10.0 Å². The van der Waals surface area contributed by atoms with Crippen LogP contribution in [0.5, 0.6) is 0 Å². The van der Waals surface area contributed by atoms with Crippen molar-refractivity contribution in [2.75, 3.05) is 13.1 Å². The molecule has 1 aliphatic rings. The fourth-order valence-electron chi connectivity index (χ4n) is 1.74. The molecule has 0 aromatic heterocycles. The second kappa shape index (κ2) is 4.31. The summed E-state index contributed by atoms with van der Waals surface area (Å²) in [6.07, 6.45) is 1.68. The molecule has 0 amide bonds. The van der Waals surface area contributed by atoms with E-state index in [9.17, 15) is 12.8 Å². The van der Waals surface area contributed by atoms with E-state index in [1.54, 1.807) is 0 Å². The van der Waals surface area contributed by atoms with E-state index >= 15 is 0 Å².